The Hall–Kier alpha value is -3.23. The molecule has 0 aliphatic heterocycles. The molecular weight excluding hydrogens is 354 g/mol. The second kappa shape index (κ2) is 11.5. The lowest BCUT2D eigenvalue weighted by Gasteiger charge is -2.15. The van der Waals surface area contributed by atoms with E-state index in [9.17, 15) is 4.79 Å². The molecule has 0 saturated heterocycles. The normalized spacial score (nSPS) is 10.8. The molecule has 0 saturated carbocycles. The summed E-state index contributed by atoms with van der Waals surface area (Å²) < 4.78 is 16.7. The van der Waals surface area contributed by atoms with E-state index in [4.69, 9.17) is 20.6 Å². The third-order valence-electron chi connectivity index (χ3n) is 3.86. The maximum Gasteiger partial charge on any atom is 0.335 e. The zero-order valence-electron chi connectivity index (χ0n) is 16.2. The first kappa shape index (κ1) is 21.1. The van der Waals surface area contributed by atoms with Gasteiger partial charge in [-0.05, 0) is 24.6 Å². The second-order valence-corrected chi connectivity index (χ2v) is 5.85. The van der Waals surface area contributed by atoms with Gasteiger partial charge in [0, 0.05) is 12.1 Å². The van der Waals surface area contributed by atoms with Gasteiger partial charge in [0.1, 0.15) is 6.61 Å². The predicted octanol–water partition coefficient (Wildman–Crippen LogP) is 3.44. The van der Waals surface area contributed by atoms with Crippen molar-refractivity contribution in [1.29, 1.82) is 0 Å². The third kappa shape index (κ3) is 6.19. The third-order valence-corrected chi connectivity index (χ3v) is 3.86. The fourth-order valence-electron chi connectivity index (χ4n) is 2.57. The maximum atomic E-state index is 12.2. The van der Waals surface area contributed by atoms with Crippen LogP contribution in [0.2, 0.25) is 0 Å². The quantitative estimate of drug-likeness (QED) is 0.297. The van der Waals surface area contributed by atoms with Crippen molar-refractivity contribution in [1.82, 2.24) is 5.32 Å². The zero-order valence-corrected chi connectivity index (χ0v) is 16.2. The van der Waals surface area contributed by atoms with E-state index < -0.39 is 5.97 Å². The number of benzene rings is 2. The number of esters is 1. The lowest BCUT2D eigenvalue weighted by Crippen LogP contribution is -2.22. The molecule has 1 N–H and O–H groups in total. The summed E-state index contributed by atoms with van der Waals surface area (Å²) in [7, 11) is 1.35. The van der Waals surface area contributed by atoms with Gasteiger partial charge in [-0.15, -0.1) is 6.42 Å². The Morgan fingerprint density at radius 3 is 2.61 bits per heavy atom. The van der Waals surface area contributed by atoms with E-state index in [-0.39, 0.29) is 6.54 Å². The average Bonchev–Trinajstić information content (AvgIpc) is 2.73. The fraction of sp³-hybridized carbons (Fsp3) is 0.261. The minimum Gasteiger partial charge on any atom is -0.490 e. The highest BCUT2D eigenvalue weighted by atomic mass is 16.5. The molecule has 0 amide bonds. The molecule has 2 aromatic rings. The molecule has 0 fully saturated rings. The Labute approximate surface area is 166 Å². The van der Waals surface area contributed by atoms with Crippen LogP contribution in [0.15, 0.2) is 54.1 Å². The van der Waals surface area contributed by atoms with E-state index in [0.29, 0.717) is 36.8 Å². The molecule has 5 nitrogen and oxygen atoms in total. The number of carbonyl (C=O) groups excluding carboxylic acids is 1. The summed E-state index contributed by atoms with van der Waals surface area (Å²) in [6, 6.07) is 15.4. The molecule has 2 rings (SSSR count). The Morgan fingerprint density at radius 2 is 1.93 bits per heavy atom. The second-order valence-electron chi connectivity index (χ2n) is 5.85. The highest BCUT2D eigenvalue weighted by molar-refractivity contribution is 5.94. The van der Waals surface area contributed by atoms with Crippen LogP contribution in [-0.4, -0.2) is 32.8 Å². The van der Waals surface area contributed by atoms with Gasteiger partial charge < -0.3 is 19.5 Å². The number of terminal acetylenes is 1. The highest BCUT2D eigenvalue weighted by Gasteiger charge is 2.14. The molecule has 0 atom stereocenters. The van der Waals surface area contributed by atoms with Gasteiger partial charge >= 0.3 is 5.97 Å². The van der Waals surface area contributed by atoms with Crippen LogP contribution in [0.25, 0.3) is 6.08 Å². The Morgan fingerprint density at radius 1 is 1.14 bits per heavy atom. The van der Waals surface area contributed by atoms with E-state index in [1.807, 2.05) is 55.5 Å². The van der Waals surface area contributed by atoms with Crippen molar-refractivity contribution in [3.8, 4) is 23.8 Å². The molecular formula is C23H25NO4. The Bertz CT molecular complexity index is 837. The molecule has 0 unspecified atom stereocenters. The van der Waals surface area contributed by atoms with Crippen molar-refractivity contribution in [2.75, 3.05) is 26.8 Å². The molecule has 0 aliphatic carbocycles. The van der Waals surface area contributed by atoms with E-state index >= 15 is 0 Å². The molecule has 0 spiro atoms. The van der Waals surface area contributed by atoms with Crippen LogP contribution in [0.1, 0.15) is 18.1 Å². The van der Waals surface area contributed by atoms with Crippen molar-refractivity contribution in [2.45, 2.75) is 13.5 Å². The van der Waals surface area contributed by atoms with Gasteiger partial charge in [-0.2, -0.15) is 0 Å². The average molecular weight is 379 g/mol. The molecule has 0 bridgehead atoms. The molecule has 5 heteroatoms. The van der Waals surface area contributed by atoms with Gasteiger partial charge in [-0.25, -0.2) is 4.79 Å². The number of ether oxygens (including phenoxy) is 3. The van der Waals surface area contributed by atoms with E-state index in [1.165, 1.54) is 7.11 Å². The Kier molecular flexibility index (Phi) is 8.64. The molecule has 146 valence electrons. The lowest BCUT2D eigenvalue weighted by atomic mass is 10.1. The lowest BCUT2D eigenvalue weighted by molar-refractivity contribution is -0.136. The van der Waals surface area contributed by atoms with Crippen LogP contribution in [-0.2, 0) is 16.1 Å². The number of para-hydroxylation sites is 1. The van der Waals surface area contributed by atoms with E-state index in [2.05, 4.69) is 11.2 Å². The minimum absolute atomic E-state index is 0.286. The Balaban J connectivity index is 2.35. The number of rotatable bonds is 10. The summed E-state index contributed by atoms with van der Waals surface area (Å²) in [6.45, 7) is 3.43. The number of methoxy groups -OCH3 is 1. The van der Waals surface area contributed by atoms with E-state index in [0.717, 1.165) is 11.1 Å². The van der Waals surface area contributed by atoms with Gasteiger partial charge in [0.05, 0.1) is 25.8 Å². The molecule has 0 aliphatic rings. The number of nitrogens with one attached hydrogen (secondary N) is 1. The standard InChI is InChI=1S/C23H25NO4/c1-4-14-24-16-20(23(25)26-3)15-19-12-9-13-21(27-5-2)22(19)28-17-18-10-7-6-8-11-18/h1,6-13,15,24H,5,14,16-17H2,2-3H3/b20-15+. The first-order chi connectivity index (χ1) is 13.7. The molecule has 0 heterocycles. The van der Waals surface area contributed by atoms with Crippen LogP contribution in [0.5, 0.6) is 11.5 Å². The number of carbonyl (C=O) groups is 1. The van der Waals surface area contributed by atoms with Crippen molar-refractivity contribution in [2.24, 2.45) is 0 Å². The molecule has 2 aromatic carbocycles. The summed E-state index contributed by atoms with van der Waals surface area (Å²) >= 11 is 0. The molecule has 0 radical (unpaired) electrons. The topological polar surface area (TPSA) is 56.8 Å². The first-order valence-electron chi connectivity index (χ1n) is 9.05. The summed E-state index contributed by atoms with van der Waals surface area (Å²) in [5.74, 6) is 3.25. The van der Waals surface area contributed by atoms with Crippen LogP contribution in [0, 0.1) is 12.3 Å². The van der Waals surface area contributed by atoms with Gasteiger partial charge in [0.15, 0.2) is 11.5 Å². The maximum absolute atomic E-state index is 12.2. The van der Waals surface area contributed by atoms with Crippen LogP contribution in [0.4, 0.5) is 0 Å². The summed E-state index contributed by atoms with van der Waals surface area (Å²) in [5.41, 5.74) is 2.20. The molecule has 28 heavy (non-hydrogen) atoms. The molecule has 0 aromatic heterocycles. The predicted molar refractivity (Wildman–Crippen MR) is 110 cm³/mol. The summed E-state index contributed by atoms with van der Waals surface area (Å²) in [6.07, 6.45) is 7.00. The van der Waals surface area contributed by atoms with Gasteiger partial charge in [-0.1, -0.05) is 48.4 Å². The number of hydrogen-bond donors (Lipinski definition) is 1. The summed E-state index contributed by atoms with van der Waals surface area (Å²) in [4.78, 5) is 12.2. The monoisotopic (exact) mass is 379 g/mol. The largest absolute Gasteiger partial charge is 0.490 e. The number of hydrogen-bond acceptors (Lipinski definition) is 5. The smallest absolute Gasteiger partial charge is 0.335 e. The fourth-order valence-corrected chi connectivity index (χ4v) is 2.57. The van der Waals surface area contributed by atoms with Crippen molar-refractivity contribution in [3.63, 3.8) is 0 Å². The first-order valence-corrected chi connectivity index (χ1v) is 9.05. The summed E-state index contributed by atoms with van der Waals surface area (Å²) in [5, 5.41) is 3.01. The van der Waals surface area contributed by atoms with Crippen LogP contribution < -0.4 is 14.8 Å². The highest BCUT2D eigenvalue weighted by Crippen LogP contribution is 2.33. The SMILES string of the molecule is C#CCNC/C(=C\c1cccc(OCC)c1OCc1ccccc1)C(=O)OC. The van der Waals surface area contributed by atoms with E-state index in [1.54, 1.807) is 6.08 Å². The zero-order chi connectivity index (χ0) is 20.2. The van der Waals surface area contributed by atoms with Crippen molar-refractivity contribution >= 4 is 12.0 Å². The van der Waals surface area contributed by atoms with Crippen molar-refractivity contribution < 1.29 is 19.0 Å². The van der Waals surface area contributed by atoms with Crippen LogP contribution in [0.3, 0.4) is 0 Å². The van der Waals surface area contributed by atoms with Gasteiger partial charge in [-0.3, -0.25) is 0 Å². The van der Waals surface area contributed by atoms with Gasteiger partial charge in [0.2, 0.25) is 0 Å². The van der Waals surface area contributed by atoms with Gasteiger partial charge in [0.25, 0.3) is 0 Å². The van der Waals surface area contributed by atoms with Crippen LogP contribution >= 0.6 is 0 Å². The van der Waals surface area contributed by atoms with Crippen molar-refractivity contribution in [3.05, 3.63) is 65.2 Å². The minimum atomic E-state index is -0.430.